The van der Waals surface area contributed by atoms with Gasteiger partial charge >= 0.3 is 0 Å². The van der Waals surface area contributed by atoms with Gasteiger partial charge in [0, 0.05) is 24.6 Å². The van der Waals surface area contributed by atoms with Crippen molar-refractivity contribution in [3.8, 4) is 0 Å². The van der Waals surface area contributed by atoms with Gasteiger partial charge in [-0.2, -0.15) is 0 Å². The van der Waals surface area contributed by atoms with E-state index < -0.39 is 0 Å². The molecule has 3 rings (SSSR count). The highest BCUT2D eigenvalue weighted by molar-refractivity contribution is 9.10. The Bertz CT molecular complexity index is 1070. The number of fused-ring (bicyclic) bond motifs is 1. The third-order valence-electron chi connectivity index (χ3n) is 4.68. The number of halogens is 1. The van der Waals surface area contributed by atoms with E-state index in [0.29, 0.717) is 29.1 Å². The Morgan fingerprint density at radius 3 is 2.66 bits per heavy atom. The van der Waals surface area contributed by atoms with E-state index in [2.05, 4.69) is 27.8 Å². The molecule has 1 aromatic heterocycles. The first-order valence-electron chi connectivity index (χ1n) is 9.61. The van der Waals surface area contributed by atoms with Crippen molar-refractivity contribution in [2.75, 3.05) is 12.8 Å². The SMILES string of the molecule is CCCCn1c(SCC(=O)N(C)Cc2ccccc2Br)nc2ccccc2c1=O. The van der Waals surface area contributed by atoms with Crippen LogP contribution in [0.4, 0.5) is 0 Å². The Morgan fingerprint density at radius 1 is 1.17 bits per heavy atom. The number of hydrogen-bond acceptors (Lipinski definition) is 4. The van der Waals surface area contributed by atoms with Crippen LogP contribution in [0.2, 0.25) is 0 Å². The number of carbonyl (C=O) groups is 1. The van der Waals surface area contributed by atoms with Crippen LogP contribution >= 0.6 is 27.7 Å². The number of aromatic nitrogens is 2. The van der Waals surface area contributed by atoms with E-state index in [9.17, 15) is 9.59 Å². The van der Waals surface area contributed by atoms with Gasteiger partial charge in [0.25, 0.3) is 5.56 Å². The largest absolute Gasteiger partial charge is 0.341 e. The lowest BCUT2D eigenvalue weighted by Gasteiger charge is -2.18. The highest BCUT2D eigenvalue weighted by atomic mass is 79.9. The van der Waals surface area contributed by atoms with Gasteiger partial charge in [0.15, 0.2) is 5.16 Å². The molecule has 0 aliphatic heterocycles. The number of unbranched alkanes of at least 4 members (excludes halogenated alkanes) is 1. The van der Waals surface area contributed by atoms with Crippen LogP contribution in [0.5, 0.6) is 0 Å². The highest BCUT2D eigenvalue weighted by Crippen LogP contribution is 2.21. The average Bonchev–Trinajstić information content (AvgIpc) is 2.73. The first kappa shape index (κ1) is 21.6. The van der Waals surface area contributed by atoms with E-state index in [4.69, 9.17) is 0 Å². The lowest BCUT2D eigenvalue weighted by molar-refractivity contribution is -0.127. The predicted molar refractivity (Wildman–Crippen MR) is 122 cm³/mol. The van der Waals surface area contributed by atoms with E-state index >= 15 is 0 Å². The maximum absolute atomic E-state index is 12.9. The third-order valence-corrected chi connectivity index (χ3v) is 6.41. The first-order valence-corrected chi connectivity index (χ1v) is 11.4. The van der Waals surface area contributed by atoms with Gasteiger partial charge in [-0.05, 0) is 30.2 Å². The molecule has 3 aromatic rings. The zero-order valence-corrected chi connectivity index (χ0v) is 19.0. The summed E-state index contributed by atoms with van der Waals surface area (Å²) in [5, 5.41) is 1.22. The molecule has 1 heterocycles. The molecule has 0 radical (unpaired) electrons. The molecule has 7 heteroatoms. The molecule has 29 heavy (non-hydrogen) atoms. The maximum atomic E-state index is 12.9. The summed E-state index contributed by atoms with van der Waals surface area (Å²) in [5.74, 6) is 0.230. The molecular weight excluding hydrogens is 450 g/mol. The van der Waals surface area contributed by atoms with Gasteiger partial charge in [-0.3, -0.25) is 14.2 Å². The normalized spacial score (nSPS) is 11.0. The van der Waals surface area contributed by atoms with Gasteiger partial charge in [-0.25, -0.2) is 4.98 Å². The van der Waals surface area contributed by atoms with E-state index in [1.165, 1.54) is 11.8 Å². The molecule has 152 valence electrons. The lowest BCUT2D eigenvalue weighted by Crippen LogP contribution is -2.29. The maximum Gasteiger partial charge on any atom is 0.262 e. The number of rotatable bonds is 8. The van der Waals surface area contributed by atoms with Crippen LogP contribution in [-0.4, -0.2) is 33.2 Å². The zero-order chi connectivity index (χ0) is 20.8. The second kappa shape index (κ2) is 10.1. The Kier molecular flexibility index (Phi) is 7.50. The summed E-state index contributed by atoms with van der Waals surface area (Å²) in [5.41, 5.74) is 1.68. The Hall–Kier alpha value is -2.12. The van der Waals surface area contributed by atoms with Crippen molar-refractivity contribution in [3.63, 3.8) is 0 Å². The number of thioether (sulfide) groups is 1. The Balaban J connectivity index is 1.77. The zero-order valence-electron chi connectivity index (χ0n) is 16.6. The summed E-state index contributed by atoms with van der Waals surface area (Å²) in [6.07, 6.45) is 1.88. The van der Waals surface area contributed by atoms with E-state index in [0.717, 1.165) is 22.9 Å². The van der Waals surface area contributed by atoms with Gasteiger partial charge in [0.05, 0.1) is 16.7 Å². The molecule has 5 nitrogen and oxygen atoms in total. The monoisotopic (exact) mass is 473 g/mol. The summed E-state index contributed by atoms with van der Waals surface area (Å²) < 4.78 is 2.69. The van der Waals surface area contributed by atoms with Crippen LogP contribution in [0.1, 0.15) is 25.3 Å². The van der Waals surface area contributed by atoms with Gasteiger partial charge < -0.3 is 4.90 Å². The van der Waals surface area contributed by atoms with Crippen LogP contribution in [0.25, 0.3) is 10.9 Å². The molecule has 0 saturated heterocycles. The van der Waals surface area contributed by atoms with Crippen molar-refractivity contribution < 1.29 is 4.79 Å². The molecule has 0 atom stereocenters. The molecule has 0 saturated carbocycles. The molecule has 0 spiro atoms. The average molecular weight is 474 g/mol. The number of carbonyl (C=O) groups excluding carboxylic acids is 1. The molecule has 0 bridgehead atoms. The summed E-state index contributed by atoms with van der Waals surface area (Å²) in [7, 11) is 1.79. The summed E-state index contributed by atoms with van der Waals surface area (Å²) in [4.78, 5) is 32.0. The number of nitrogens with zero attached hydrogens (tertiary/aromatic N) is 3. The van der Waals surface area contributed by atoms with Gasteiger partial charge in [-0.1, -0.05) is 71.4 Å². The Morgan fingerprint density at radius 2 is 1.90 bits per heavy atom. The fourth-order valence-corrected chi connectivity index (χ4v) is 4.35. The van der Waals surface area contributed by atoms with Crippen LogP contribution in [-0.2, 0) is 17.9 Å². The summed E-state index contributed by atoms with van der Waals surface area (Å²) >= 11 is 4.85. The quantitative estimate of drug-likeness (QED) is 0.351. The lowest BCUT2D eigenvalue weighted by atomic mass is 10.2. The van der Waals surface area contributed by atoms with Crippen molar-refractivity contribution in [1.29, 1.82) is 0 Å². The van der Waals surface area contributed by atoms with Crippen LogP contribution in [0.3, 0.4) is 0 Å². The second-order valence-electron chi connectivity index (χ2n) is 6.85. The fourth-order valence-electron chi connectivity index (χ4n) is 2.98. The molecule has 2 aromatic carbocycles. The van der Waals surface area contributed by atoms with Crippen molar-refractivity contribution in [1.82, 2.24) is 14.5 Å². The van der Waals surface area contributed by atoms with Crippen LogP contribution in [0.15, 0.2) is 63.0 Å². The molecule has 0 N–H and O–H groups in total. The molecule has 0 aliphatic carbocycles. The van der Waals surface area contributed by atoms with Gasteiger partial charge in [0.2, 0.25) is 5.91 Å². The third kappa shape index (κ3) is 5.28. The van der Waals surface area contributed by atoms with Crippen molar-refractivity contribution in [2.24, 2.45) is 0 Å². The molecule has 0 fully saturated rings. The van der Waals surface area contributed by atoms with Crippen molar-refractivity contribution in [2.45, 2.75) is 38.0 Å². The van der Waals surface area contributed by atoms with E-state index in [-0.39, 0.29) is 17.2 Å². The molecular formula is C22H24BrN3O2S. The predicted octanol–water partition coefficient (Wildman–Crippen LogP) is 4.71. The molecule has 1 amide bonds. The number of amides is 1. The van der Waals surface area contributed by atoms with Crippen LogP contribution < -0.4 is 5.56 Å². The minimum atomic E-state index is -0.0411. The molecule has 0 unspecified atom stereocenters. The van der Waals surface area contributed by atoms with Gasteiger partial charge in [-0.15, -0.1) is 0 Å². The summed E-state index contributed by atoms with van der Waals surface area (Å²) in [6, 6.07) is 15.2. The number of para-hydroxylation sites is 1. The number of hydrogen-bond donors (Lipinski definition) is 0. The van der Waals surface area contributed by atoms with Crippen molar-refractivity contribution in [3.05, 3.63) is 68.9 Å². The van der Waals surface area contributed by atoms with E-state index in [1.54, 1.807) is 22.6 Å². The standard InChI is InChI=1S/C22H24BrN3O2S/c1-3-4-13-26-21(28)17-10-6-8-12-19(17)24-22(26)29-15-20(27)25(2)14-16-9-5-7-11-18(16)23/h5-12H,3-4,13-15H2,1-2H3. The van der Waals surface area contributed by atoms with E-state index in [1.807, 2.05) is 42.5 Å². The Labute approximate surface area is 183 Å². The topological polar surface area (TPSA) is 55.2 Å². The smallest absolute Gasteiger partial charge is 0.262 e. The second-order valence-corrected chi connectivity index (χ2v) is 8.65. The summed E-state index contributed by atoms with van der Waals surface area (Å²) in [6.45, 7) is 3.22. The fraction of sp³-hybridized carbons (Fsp3) is 0.318. The van der Waals surface area contributed by atoms with Crippen molar-refractivity contribution >= 4 is 44.5 Å². The minimum absolute atomic E-state index is 0.00444. The highest BCUT2D eigenvalue weighted by Gasteiger charge is 2.15. The van der Waals surface area contributed by atoms with Crippen LogP contribution in [0, 0.1) is 0 Å². The number of benzene rings is 2. The molecule has 0 aliphatic rings. The minimum Gasteiger partial charge on any atom is -0.341 e. The van der Waals surface area contributed by atoms with Gasteiger partial charge in [0.1, 0.15) is 0 Å². The first-order chi connectivity index (χ1) is 14.0.